The van der Waals surface area contributed by atoms with Crippen molar-refractivity contribution >= 4 is 11.6 Å². The van der Waals surface area contributed by atoms with Gasteiger partial charge in [0, 0.05) is 24.5 Å². The fourth-order valence-electron chi connectivity index (χ4n) is 2.44. The maximum atomic E-state index is 12.1. The van der Waals surface area contributed by atoms with Crippen molar-refractivity contribution in [1.82, 2.24) is 14.7 Å². The molecule has 2 N–H and O–H groups in total. The Balaban J connectivity index is 1.59. The van der Waals surface area contributed by atoms with E-state index in [1.807, 2.05) is 59.3 Å². The topological polar surface area (TPSA) is 75.9 Å². The lowest BCUT2D eigenvalue weighted by Crippen LogP contribution is -2.25. The molecule has 0 aliphatic carbocycles. The summed E-state index contributed by atoms with van der Waals surface area (Å²) in [6, 6.07) is 13.2. The van der Waals surface area contributed by atoms with Crippen LogP contribution in [0.1, 0.15) is 11.3 Å². The van der Waals surface area contributed by atoms with E-state index in [0.717, 1.165) is 16.9 Å². The minimum atomic E-state index is -0.102. The highest BCUT2D eigenvalue weighted by atomic mass is 16.5. The second kappa shape index (κ2) is 7.61. The summed E-state index contributed by atoms with van der Waals surface area (Å²) in [5.41, 5.74) is 2.42. The van der Waals surface area contributed by atoms with Gasteiger partial charge in [0.2, 0.25) is 5.91 Å². The summed E-state index contributed by atoms with van der Waals surface area (Å²) in [6.45, 7) is 0.550. The van der Waals surface area contributed by atoms with Crippen LogP contribution in [0.3, 0.4) is 0 Å². The maximum absolute atomic E-state index is 12.1. The molecule has 0 fully saturated rings. The number of ether oxygens (including phenoxy) is 1. The molecule has 0 aliphatic heterocycles. The highest BCUT2D eigenvalue weighted by molar-refractivity contribution is 5.78. The number of amides is 1. The lowest BCUT2D eigenvalue weighted by atomic mass is 10.2. The van der Waals surface area contributed by atoms with Crippen LogP contribution in [0.15, 0.2) is 54.9 Å². The van der Waals surface area contributed by atoms with E-state index in [2.05, 4.69) is 10.3 Å². The Morgan fingerprint density at radius 3 is 2.88 bits per heavy atom. The zero-order valence-corrected chi connectivity index (χ0v) is 13.2. The van der Waals surface area contributed by atoms with Crippen LogP contribution in [-0.4, -0.2) is 33.6 Å². The number of pyridine rings is 1. The molecule has 0 spiro atoms. The van der Waals surface area contributed by atoms with Crippen LogP contribution in [0.5, 0.6) is 5.75 Å². The minimum Gasteiger partial charge on any atom is -0.491 e. The number of hydrogen-bond acceptors (Lipinski definition) is 4. The van der Waals surface area contributed by atoms with Crippen molar-refractivity contribution in [2.75, 3.05) is 13.2 Å². The van der Waals surface area contributed by atoms with Crippen molar-refractivity contribution < 1.29 is 14.6 Å². The van der Waals surface area contributed by atoms with E-state index in [4.69, 9.17) is 9.84 Å². The molecule has 0 bridgehead atoms. The summed E-state index contributed by atoms with van der Waals surface area (Å²) in [6.07, 6.45) is 3.98. The molecule has 1 aromatic carbocycles. The number of imidazole rings is 1. The molecule has 24 heavy (non-hydrogen) atoms. The summed E-state index contributed by atoms with van der Waals surface area (Å²) < 4.78 is 7.35. The zero-order valence-electron chi connectivity index (χ0n) is 13.2. The van der Waals surface area contributed by atoms with Gasteiger partial charge in [-0.15, -0.1) is 0 Å². The lowest BCUT2D eigenvalue weighted by Gasteiger charge is -2.11. The number of carbonyl (C=O) groups excluding carboxylic acids is 1. The van der Waals surface area contributed by atoms with Gasteiger partial charge in [0.1, 0.15) is 18.0 Å². The van der Waals surface area contributed by atoms with Crippen molar-refractivity contribution in [2.24, 2.45) is 0 Å². The molecule has 0 radical (unpaired) electrons. The van der Waals surface area contributed by atoms with E-state index in [9.17, 15) is 4.79 Å². The molecule has 2 aromatic heterocycles. The van der Waals surface area contributed by atoms with Gasteiger partial charge in [-0.2, -0.15) is 0 Å². The molecular formula is C18H19N3O3. The van der Waals surface area contributed by atoms with Gasteiger partial charge in [0.05, 0.1) is 18.7 Å². The van der Waals surface area contributed by atoms with Gasteiger partial charge in [0.25, 0.3) is 0 Å². The van der Waals surface area contributed by atoms with E-state index in [1.54, 1.807) is 0 Å². The molecule has 0 aliphatic rings. The second-order valence-electron chi connectivity index (χ2n) is 5.33. The molecular weight excluding hydrogens is 306 g/mol. The number of aromatic nitrogens is 2. The van der Waals surface area contributed by atoms with Crippen LogP contribution in [0, 0.1) is 0 Å². The highest BCUT2D eigenvalue weighted by Gasteiger charge is 2.09. The Morgan fingerprint density at radius 2 is 2.04 bits per heavy atom. The van der Waals surface area contributed by atoms with Crippen molar-refractivity contribution in [3.05, 3.63) is 66.1 Å². The number of nitrogens with one attached hydrogen (secondary N) is 1. The van der Waals surface area contributed by atoms with Gasteiger partial charge in [-0.1, -0.05) is 24.3 Å². The summed E-state index contributed by atoms with van der Waals surface area (Å²) in [7, 11) is 0. The quantitative estimate of drug-likeness (QED) is 0.691. The Bertz CT molecular complexity index is 796. The summed E-state index contributed by atoms with van der Waals surface area (Å²) in [5.74, 6) is 0.565. The van der Waals surface area contributed by atoms with Crippen molar-refractivity contribution in [3.8, 4) is 5.75 Å². The number of aliphatic hydroxyl groups is 1. The Morgan fingerprint density at radius 1 is 1.21 bits per heavy atom. The van der Waals surface area contributed by atoms with Crippen molar-refractivity contribution in [2.45, 2.75) is 13.0 Å². The van der Waals surface area contributed by atoms with Crippen molar-refractivity contribution in [3.63, 3.8) is 0 Å². The smallest absolute Gasteiger partial charge is 0.226 e. The first-order valence-corrected chi connectivity index (χ1v) is 7.77. The van der Waals surface area contributed by atoms with Crippen LogP contribution in [0.2, 0.25) is 0 Å². The van der Waals surface area contributed by atoms with Gasteiger partial charge in [-0.25, -0.2) is 4.98 Å². The lowest BCUT2D eigenvalue weighted by molar-refractivity contribution is -0.120. The fraction of sp³-hybridized carbons (Fsp3) is 0.222. The molecule has 2 heterocycles. The van der Waals surface area contributed by atoms with Gasteiger partial charge >= 0.3 is 0 Å². The first-order valence-electron chi connectivity index (χ1n) is 7.77. The molecule has 6 nitrogen and oxygen atoms in total. The number of carbonyl (C=O) groups is 1. The molecule has 1 amide bonds. The summed E-state index contributed by atoms with van der Waals surface area (Å²) in [5, 5.41) is 11.7. The van der Waals surface area contributed by atoms with Crippen LogP contribution >= 0.6 is 0 Å². The molecule has 6 heteroatoms. The Kier molecular flexibility index (Phi) is 5.08. The zero-order chi connectivity index (χ0) is 16.8. The molecule has 0 saturated heterocycles. The number of benzene rings is 1. The van der Waals surface area contributed by atoms with E-state index in [1.165, 1.54) is 0 Å². The third-order valence-corrected chi connectivity index (χ3v) is 3.55. The van der Waals surface area contributed by atoms with Crippen molar-refractivity contribution in [1.29, 1.82) is 0 Å². The summed E-state index contributed by atoms with van der Waals surface area (Å²) in [4.78, 5) is 16.6. The Hall–Kier alpha value is -2.86. The molecule has 0 atom stereocenters. The number of fused-ring (bicyclic) bond motifs is 1. The van der Waals surface area contributed by atoms with Crippen LogP contribution in [0.4, 0.5) is 0 Å². The number of hydrogen-bond donors (Lipinski definition) is 2. The van der Waals surface area contributed by atoms with Gasteiger partial charge < -0.3 is 19.6 Å². The largest absolute Gasteiger partial charge is 0.491 e. The third-order valence-electron chi connectivity index (χ3n) is 3.55. The van der Waals surface area contributed by atoms with Gasteiger partial charge in [-0.3, -0.25) is 4.79 Å². The molecule has 3 aromatic rings. The average molecular weight is 325 g/mol. The maximum Gasteiger partial charge on any atom is 0.226 e. The normalized spacial score (nSPS) is 10.7. The molecule has 0 saturated carbocycles. The number of aliphatic hydroxyl groups excluding tert-OH is 1. The van der Waals surface area contributed by atoms with E-state index < -0.39 is 0 Å². The second-order valence-corrected chi connectivity index (χ2v) is 5.33. The number of para-hydroxylation sites is 1. The van der Waals surface area contributed by atoms with Gasteiger partial charge in [0.15, 0.2) is 0 Å². The van der Waals surface area contributed by atoms with E-state index >= 15 is 0 Å². The van der Waals surface area contributed by atoms with E-state index in [0.29, 0.717) is 12.3 Å². The minimum absolute atomic E-state index is 0.0470. The van der Waals surface area contributed by atoms with Gasteiger partial charge in [-0.05, 0) is 18.2 Å². The summed E-state index contributed by atoms with van der Waals surface area (Å²) >= 11 is 0. The predicted molar refractivity (Wildman–Crippen MR) is 89.8 cm³/mol. The van der Waals surface area contributed by atoms with E-state index in [-0.39, 0.29) is 25.5 Å². The van der Waals surface area contributed by atoms with Crippen LogP contribution < -0.4 is 10.1 Å². The molecule has 0 unspecified atom stereocenters. The SMILES string of the molecule is O=C(Cc1cn2ccccc2n1)NCc1ccccc1OCCO. The molecule has 124 valence electrons. The monoisotopic (exact) mass is 325 g/mol. The number of rotatable bonds is 7. The Labute approximate surface area is 139 Å². The first-order chi connectivity index (χ1) is 11.8. The predicted octanol–water partition coefficient (Wildman–Crippen LogP) is 1.56. The third kappa shape index (κ3) is 3.91. The van der Waals surface area contributed by atoms with Crippen LogP contribution in [0.25, 0.3) is 5.65 Å². The highest BCUT2D eigenvalue weighted by Crippen LogP contribution is 2.17. The fourth-order valence-corrected chi connectivity index (χ4v) is 2.44. The average Bonchev–Trinajstić information content (AvgIpc) is 3.01. The standard InChI is InChI=1S/C18H19N3O3/c22-9-10-24-16-6-2-1-5-14(16)12-19-18(23)11-15-13-21-8-4-3-7-17(21)20-15/h1-8,13,22H,9-12H2,(H,19,23). The molecule has 3 rings (SSSR count). The first kappa shape index (κ1) is 16.0. The number of nitrogens with zero attached hydrogens (tertiary/aromatic N) is 2. The van der Waals surface area contributed by atoms with Crippen LogP contribution in [-0.2, 0) is 17.8 Å².